The molecule has 0 N–H and O–H groups in total. The molecule has 4 heteroatoms. The standard InChI is InChI=1S/C7H6ClNOS/c1-11-6-2-5(4-10)7(8)9-3-6/h2-4H,1H3. The Hall–Kier alpha value is -0.540. The van der Waals surface area contributed by atoms with Crippen molar-refractivity contribution in [3.63, 3.8) is 0 Å². The molecule has 2 nitrogen and oxygen atoms in total. The fraction of sp³-hybridized carbons (Fsp3) is 0.143. The van der Waals surface area contributed by atoms with Crippen molar-refractivity contribution in [3.05, 3.63) is 23.0 Å². The molecule has 0 aliphatic heterocycles. The molecule has 1 aromatic rings. The molecule has 11 heavy (non-hydrogen) atoms. The summed E-state index contributed by atoms with van der Waals surface area (Å²) < 4.78 is 0. The molecular weight excluding hydrogens is 182 g/mol. The van der Waals surface area contributed by atoms with Gasteiger partial charge in [-0.2, -0.15) is 0 Å². The molecule has 0 radical (unpaired) electrons. The summed E-state index contributed by atoms with van der Waals surface area (Å²) in [6.07, 6.45) is 4.26. The average molecular weight is 188 g/mol. The average Bonchev–Trinajstić information content (AvgIpc) is 2.05. The van der Waals surface area contributed by atoms with Crippen LogP contribution < -0.4 is 0 Å². The highest BCUT2D eigenvalue weighted by Gasteiger charge is 2.00. The topological polar surface area (TPSA) is 30.0 Å². The number of rotatable bonds is 2. The van der Waals surface area contributed by atoms with Crippen LogP contribution >= 0.6 is 23.4 Å². The van der Waals surface area contributed by atoms with Crippen molar-refractivity contribution in [2.45, 2.75) is 4.90 Å². The number of thioether (sulfide) groups is 1. The van der Waals surface area contributed by atoms with Crippen LogP contribution in [0.2, 0.25) is 5.15 Å². The van der Waals surface area contributed by atoms with Crippen LogP contribution in [0.3, 0.4) is 0 Å². The maximum absolute atomic E-state index is 10.4. The Bertz CT molecular complexity index is 277. The van der Waals surface area contributed by atoms with Crippen LogP contribution in [0, 0.1) is 0 Å². The Morgan fingerprint density at radius 2 is 2.45 bits per heavy atom. The van der Waals surface area contributed by atoms with Crippen LogP contribution in [0.4, 0.5) is 0 Å². The van der Waals surface area contributed by atoms with Gasteiger partial charge in [-0.1, -0.05) is 11.6 Å². The van der Waals surface area contributed by atoms with Crippen molar-refractivity contribution >= 4 is 29.6 Å². The van der Waals surface area contributed by atoms with E-state index in [-0.39, 0.29) is 5.15 Å². The first kappa shape index (κ1) is 8.56. The van der Waals surface area contributed by atoms with Gasteiger partial charge in [-0.25, -0.2) is 4.98 Å². The highest BCUT2D eigenvalue weighted by atomic mass is 35.5. The Labute approximate surface area is 74.0 Å². The summed E-state index contributed by atoms with van der Waals surface area (Å²) >= 11 is 7.13. The second-order valence-electron chi connectivity index (χ2n) is 1.87. The van der Waals surface area contributed by atoms with Crippen LogP contribution in [0.1, 0.15) is 10.4 Å². The molecule has 0 aromatic carbocycles. The van der Waals surface area contributed by atoms with Gasteiger partial charge in [-0.3, -0.25) is 4.79 Å². The number of pyridine rings is 1. The van der Waals surface area contributed by atoms with E-state index < -0.39 is 0 Å². The predicted molar refractivity (Wildman–Crippen MR) is 46.4 cm³/mol. The van der Waals surface area contributed by atoms with Crippen molar-refractivity contribution in [3.8, 4) is 0 Å². The van der Waals surface area contributed by atoms with Crippen LogP contribution in [-0.4, -0.2) is 17.5 Å². The zero-order chi connectivity index (χ0) is 8.27. The fourth-order valence-corrected chi connectivity index (χ4v) is 1.19. The normalized spacial score (nSPS) is 9.64. The molecule has 0 bridgehead atoms. The molecule has 58 valence electrons. The van der Waals surface area contributed by atoms with Crippen molar-refractivity contribution < 1.29 is 4.79 Å². The second-order valence-corrected chi connectivity index (χ2v) is 3.11. The minimum Gasteiger partial charge on any atom is -0.298 e. The molecule has 1 aromatic heterocycles. The largest absolute Gasteiger partial charge is 0.298 e. The number of hydrogen-bond donors (Lipinski definition) is 0. The first-order valence-electron chi connectivity index (χ1n) is 2.92. The van der Waals surface area contributed by atoms with E-state index in [2.05, 4.69) is 4.98 Å². The number of nitrogens with zero attached hydrogens (tertiary/aromatic N) is 1. The zero-order valence-electron chi connectivity index (χ0n) is 5.87. The van der Waals surface area contributed by atoms with Gasteiger partial charge in [0, 0.05) is 11.1 Å². The van der Waals surface area contributed by atoms with Crippen LogP contribution in [-0.2, 0) is 0 Å². The van der Waals surface area contributed by atoms with Crippen LogP contribution in [0.5, 0.6) is 0 Å². The van der Waals surface area contributed by atoms with Gasteiger partial charge in [0.25, 0.3) is 0 Å². The number of carbonyl (C=O) groups is 1. The fourth-order valence-electron chi connectivity index (χ4n) is 0.639. The number of hydrogen-bond acceptors (Lipinski definition) is 3. The Balaban J connectivity index is 3.12. The van der Waals surface area contributed by atoms with Crippen molar-refractivity contribution in [1.29, 1.82) is 0 Å². The maximum Gasteiger partial charge on any atom is 0.153 e. The SMILES string of the molecule is CSc1cnc(Cl)c(C=O)c1. The number of carbonyl (C=O) groups excluding carboxylic acids is 1. The Kier molecular flexibility index (Phi) is 2.91. The molecule has 0 unspecified atom stereocenters. The number of aromatic nitrogens is 1. The lowest BCUT2D eigenvalue weighted by atomic mass is 10.3. The first-order valence-corrected chi connectivity index (χ1v) is 4.53. The minimum absolute atomic E-state index is 0.262. The molecule has 0 aliphatic rings. The summed E-state index contributed by atoms with van der Waals surface area (Å²) in [5.74, 6) is 0. The van der Waals surface area contributed by atoms with Crippen molar-refractivity contribution in [2.75, 3.05) is 6.26 Å². The summed E-state index contributed by atoms with van der Waals surface area (Å²) in [4.78, 5) is 15.1. The van der Waals surface area contributed by atoms with E-state index in [1.54, 1.807) is 12.3 Å². The molecule has 0 aliphatic carbocycles. The summed E-state index contributed by atoms with van der Waals surface area (Å²) in [5.41, 5.74) is 0.443. The molecule has 0 saturated carbocycles. The van der Waals surface area contributed by atoms with Gasteiger partial charge < -0.3 is 0 Å². The Morgan fingerprint density at radius 3 is 3.00 bits per heavy atom. The maximum atomic E-state index is 10.4. The van der Waals surface area contributed by atoms with E-state index in [1.807, 2.05) is 6.26 Å². The predicted octanol–water partition coefficient (Wildman–Crippen LogP) is 2.27. The summed E-state index contributed by atoms with van der Waals surface area (Å²) in [5, 5.41) is 0.262. The van der Waals surface area contributed by atoms with E-state index in [4.69, 9.17) is 11.6 Å². The lowest BCUT2D eigenvalue weighted by Gasteiger charge is -1.97. The molecular formula is C7H6ClNOS. The second kappa shape index (κ2) is 3.74. The number of halogens is 1. The summed E-state index contributed by atoms with van der Waals surface area (Å²) in [7, 11) is 0. The lowest BCUT2D eigenvalue weighted by Crippen LogP contribution is -1.86. The van der Waals surface area contributed by atoms with Gasteiger partial charge in [-0.15, -0.1) is 11.8 Å². The highest BCUT2D eigenvalue weighted by Crippen LogP contribution is 2.18. The molecule has 0 amide bonds. The quantitative estimate of drug-likeness (QED) is 0.404. The smallest absolute Gasteiger partial charge is 0.153 e. The van der Waals surface area contributed by atoms with Gasteiger partial charge in [-0.05, 0) is 12.3 Å². The monoisotopic (exact) mass is 187 g/mol. The Morgan fingerprint density at radius 1 is 1.73 bits per heavy atom. The van der Waals surface area contributed by atoms with Gasteiger partial charge >= 0.3 is 0 Å². The third-order valence-electron chi connectivity index (χ3n) is 1.20. The highest BCUT2D eigenvalue weighted by molar-refractivity contribution is 7.98. The minimum atomic E-state index is 0.262. The molecule has 0 atom stereocenters. The molecule has 0 fully saturated rings. The van der Waals surface area contributed by atoms with E-state index in [0.29, 0.717) is 11.8 Å². The van der Waals surface area contributed by atoms with E-state index in [0.717, 1.165) is 4.90 Å². The third-order valence-corrected chi connectivity index (χ3v) is 2.21. The third kappa shape index (κ3) is 1.94. The van der Waals surface area contributed by atoms with Crippen molar-refractivity contribution in [1.82, 2.24) is 4.98 Å². The number of aldehydes is 1. The van der Waals surface area contributed by atoms with Crippen molar-refractivity contribution in [2.24, 2.45) is 0 Å². The lowest BCUT2D eigenvalue weighted by molar-refractivity contribution is 0.112. The summed E-state index contributed by atoms with van der Waals surface area (Å²) in [6.45, 7) is 0. The van der Waals surface area contributed by atoms with Gasteiger partial charge in [0.1, 0.15) is 5.15 Å². The molecule has 0 spiro atoms. The van der Waals surface area contributed by atoms with Crippen LogP contribution in [0.15, 0.2) is 17.2 Å². The molecule has 1 heterocycles. The van der Waals surface area contributed by atoms with Gasteiger partial charge in [0.2, 0.25) is 0 Å². The van der Waals surface area contributed by atoms with Crippen LogP contribution in [0.25, 0.3) is 0 Å². The molecule has 0 saturated heterocycles. The van der Waals surface area contributed by atoms with E-state index in [1.165, 1.54) is 11.8 Å². The van der Waals surface area contributed by atoms with Gasteiger partial charge in [0.05, 0.1) is 5.56 Å². The first-order chi connectivity index (χ1) is 5.27. The molecule has 1 rings (SSSR count). The van der Waals surface area contributed by atoms with E-state index >= 15 is 0 Å². The summed E-state index contributed by atoms with van der Waals surface area (Å²) in [6, 6.07) is 1.72. The zero-order valence-corrected chi connectivity index (χ0v) is 7.45. The van der Waals surface area contributed by atoms with Gasteiger partial charge in [0.15, 0.2) is 6.29 Å². The van der Waals surface area contributed by atoms with E-state index in [9.17, 15) is 4.79 Å².